The predicted molar refractivity (Wildman–Crippen MR) is 95.5 cm³/mol. The number of hydrogen-bond acceptors (Lipinski definition) is 3. The molecule has 0 saturated carbocycles. The van der Waals surface area contributed by atoms with Gasteiger partial charge in [0.05, 0.1) is 0 Å². The second kappa shape index (κ2) is 6.89. The second-order valence-corrected chi connectivity index (χ2v) is 5.87. The topological polar surface area (TPSA) is 55.1 Å². The predicted octanol–water partition coefficient (Wildman–Crippen LogP) is 5.12. The number of aryl methyl sites for hydroxylation is 2. The van der Waals surface area contributed by atoms with E-state index >= 15 is 0 Å². The first kappa shape index (κ1) is 16.3. The number of para-hydroxylation sites is 1. The van der Waals surface area contributed by atoms with Gasteiger partial charge < -0.3 is 9.84 Å². The lowest BCUT2D eigenvalue weighted by molar-refractivity contribution is 0.102. The molecule has 122 valence electrons. The second-order valence-electron chi connectivity index (χ2n) is 5.44. The van der Waals surface area contributed by atoms with Gasteiger partial charge in [-0.2, -0.15) is 0 Å². The lowest BCUT2D eigenvalue weighted by atomic mass is 10.0. The van der Waals surface area contributed by atoms with Crippen LogP contribution in [0, 0.1) is 6.92 Å². The van der Waals surface area contributed by atoms with E-state index in [1.54, 1.807) is 19.1 Å². The van der Waals surface area contributed by atoms with Gasteiger partial charge in [0.1, 0.15) is 17.0 Å². The normalized spacial score (nSPS) is 10.6. The Balaban J connectivity index is 1.98. The number of amides is 1. The third-order valence-corrected chi connectivity index (χ3v) is 4.07. The van der Waals surface area contributed by atoms with E-state index in [1.807, 2.05) is 43.3 Å². The lowest BCUT2D eigenvalue weighted by Crippen LogP contribution is -2.14. The Hall–Kier alpha value is -2.59. The average molecular weight is 341 g/mol. The highest BCUT2D eigenvalue weighted by Gasteiger charge is 2.22. The van der Waals surface area contributed by atoms with Crippen LogP contribution >= 0.6 is 11.6 Å². The number of halogens is 1. The van der Waals surface area contributed by atoms with Gasteiger partial charge in [0.25, 0.3) is 5.91 Å². The van der Waals surface area contributed by atoms with Crippen molar-refractivity contribution in [2.45, 2.75) is 20.3 Å². The standard InChI is InChI=1S/C19H17ClN2O2/c1-3-13-7-4-5-10-16(13)21-19(23)17-12(2)24-22-18(17)14-8-6-9-15(20)11-14/h4-11H,3H2,1-2H3,(H,21,23). The molecule has 1 amide bonds. The molecule has 0 aliphatic rings. The molecule has 0 atom stereocenters. The molecule has 0 unspecified atom stereocenters. The molecule has 0 bridgehead atoms. The average Bonchev–Trinajstić information content (AvgIpc) is 2.97. The summed E-state index contributed by atoms with van der Waals surface area (Å²) < 4.78 is 5.25. The summed E-state index contributed by atoms with van der Waals surface area (Å²) in [7, 11) is 0. The van der Waals surface area contributed by atoms with Crippen LogP contribution in [0.5, 0.6) is 0 Å². The zero-order chi connectivity index (χ0) is 17.1. The fourth-order valence-electron chi connectivity index (χ4n) is 2.61. The van der Waals surface area contributed by atoms with Crippen molar-refractivity contribution in [2.75, 3.05) is 5.32 Å². The summed E-state index contributed by atoms with van der Waals surface area (Å²) in [5.74, 6) is 0.223. The van der Waals surface area contributed by atoms with Gasteiger partial charge in [0, 0.05) is 16.3 Å². The maximum absolute atomic E-state index is 12.8. The molecule has 0 aliphatic carbocycles. The third-order valence-electron chi connectivity index (χ3n) is 3.83. The summed E-state index contributed by atoms with van der Waals surface area (Å²) in [4.78, 5) is 12.8. The molecule has 0 spiro atoms. The highest BCUT2D eigenvalue weighted by molar-refractivity contribution is 6.30. The maximum Gasteiger partial charge on any atom is 0.261 e. The van der Waals surface area contributed by atoms with Crippen LogP contribution in [-0.4, -0.2) is 11.1 Å². The van der Waals surface area contributed by atoms with E-state index in [2.05, 4.69) is 10.5 Å². The van der Waals surface area contributed by atoms with Crippen LogP contribution in [-0.2, 0) is 6.42 Å². The molecule has 24 heavy (non-hydrogen) atoms. The Morgan fingerprint density at radius 1 is 1.21 bits per heavy atom. The van der Waals surface area contributed by atoms with Crippen LogP contribution in [0.15, 0.2) is 53.1 Å². The first-order chi connectivity index (χ1) is 11.6. The molecule has 0 aliphatic heterocycles. The van der Waals surface area contributed by atoms with Crippen molar-refractivity contribution in [3.63, 3.8) is 0 Å². The minimum absolute atomic E-state index is 0.246. The summed E-state index contributed by atoms with van der Waals surface area (Å²) in [5, 5.41) is 7.57. The van der Waals surface area contributed by atoms with Gasteiger partial charge in [-0.1, -0.05) is 54.0 Å². The lowest BCUT2D eigenvalue weighted by Gasteiger charge is -2.10. The highest BCUT2D eigenvalue weighted by Crippen LogP contribution is 2.28. The van der Waals surface area contributed by atoms with E-state index in [1.165, 1.54) is 0 Å². The van der Waals surface area contributed by atoms with Crippen LogP contribution in [0.1, 0.15) is 28.6 Å². The zero-order valence-corrected chi connectivity index (χ0v) is 14.2. The van der Waals surface area contributed by atoms with Crippen molar-refractivity contribution < 1.29 is 9.32 Å². The van der Waals surface area contributed by atoms with Crippen LogP contribution in [0.4, 0.5) is 5.69 Å². The Bertz CT molecular complexity index is 887. The Morgan fingerprint density at radius 2 is 2.00 bits per heavy atom. The molecule has 3 rings (SSSR count). The molecular formula is C19H17ClN2O2. The number of hydrogen-bond donors (Lipinski definition) is 1. The van der Waals surface area contributed by atoms with E-state index in [-0.39, 0.29) is 5.91 Å². The highest BCUT2D eigenvalue weighted by atomic mass is 35.5. The monoisotopic (exact) mass is 340 g/mol. The Kier molecular flexibility index (Phi) is 4.67. The van der Waals surface area contributed by atoms with E-state index in [9.17, 15) is 4.79 Å². The fraction of sp³-hybridized carbons (Fsp3) is 0.158. The van der Waals surface area contributed by atoms with Crippen molar-refractivity contribution in [1.82, 2.24) is 5.16 Å². The number of aromatic nitrogens is 1. The quantitative estimate of drug-likeness (QED) is 0.717. The molecule has 1 heterocycles. The number of carbonyl (C=O) groups excluding carboxylic acids is 1. The minimum atomic E-state index is -0.246. The van der Waals surface area contributed by atoms with Gasteiger partial charge in [-0.05, 0) is 37.1 Å². The molecule has 5 heteroatoms. The Labute approximate surface area is 145 Å². The molecule has 2 aromatic carbocycles. The molecule has 3 aromatic rings. The molecule has 0 radical (unpaired) electrons. The molecule has 0 fully saturated rings. The molecule has 0 saturated heterocycles. The number of anilines is 1. The smallest absolute Gasteiger partial charge is 0.261 e. The SMILES string of the molecule is CCc1ccccc1NC(=O)c1c(-c2cccc(Cl)c2)noc1C. The molecular weight excluding hydrogens is 324 g/mol. The van der Waals surface area contributed by atoms with Gasteiger partial charge in [-0.15, -0.1) is 0 Å². The fourth-order valence-corrected chi connectivity index (χ4v) is 2.80. The van der Waals surface area contributed by atoms with Crippen LogP contribution in [0.25, 0.3) is 11.3 Å². The summed E-state index contributed by atoms with van der Waals surface area (Å²) >= 11 is 6.04. The maximum atomic E-state index is 12.8. The minimum Gasteiger partial charge on any atom is -0.360 e. The van der Waals surface area contributed by atoms with Crippen molar-refractivity contribution in [2.24, 2.45) is 0 Å². The van der Waals surface area contributed by atoms with E-state index in [0.717, 1.165) is 23.2 Å². The first-order valence-electron chi connectivity index (χ1n) is 7.71. The largest absolute Gasteiger partial charge is 0.360 e. The van der Waals surface area contributed by atoms with Crippen molar-refractivity contribution >= 4 is 23.2 Å². The number of benzene rings is 2. The third kappa shape index (κ3) is 3.19. The van der Waals surface area contributed by atoms with Gasteiger partial charge in [-0.25, -0.2) is 0 Å². The number of rotatable bonds is 4. The van der Waals surface area contributed by atoms with Gasteiger partial charge in [0.2, 0.25) is 0 Å². The van der Waals surface area contributed by atoms with Crippen molar-refractivity contribution in [3.8, 4) is 11.3 Å². The summed E-state index contributed by atoms with van der Waals surface area (Å²) in [5.41, 5.74) is 3.52. The van der Waals surface area contributed by atoms with Crippen LogP contribution in [0.3, 0.4) is 0 Å². The summed E-state index contributed by atoms with van der Waals surface area (Å²) in [6, 6.07) is 14.9. The van der Waals surface area contributed by atoms with Gasteiger partial charge in [0.15, 0.2) is 0 Å². The molecule has 4 nitrogen and oxygen atoms in total. The number of carbonyl (C=O) groups is 1. The van der Waals surface area contributed by atoms with Gasteiger partial charge in [-0.3, -0.25) is 4.79 Å². The number of nitrogens with one attached hydrogen (secondary N) is 1. The number of nitrogens with zero attached hydrogens (tertiary/aromatic N) is 1. The molecule has 1 N–H and O–H groups in total. The van der Waals surface area contributed by atoms with Crippen molar-refractivity contribution in [3.05, 3.63) is 70.4 Å². The molecule has 1 aromatic heterocycles. The Morgan fingerprint density at radius 3 is 2.75 bits per heavy atom. The van der Waals surface area contributed by atoms with Gasteiger partial charge >= 0.3 is 0 Å². The van der Waals surface area contributed by atoms with Crippen LogP contribution in [0.2, 0.25) is 5.02 Å². The summed E-state index contributed by atoms with van der Waals surface area (Å²) in [6.45, 7) is 3.77. The van der Waals surface area contributed by atoms with E-state index in [4.69, 9.17) is 16.1 Å². The van der Waals surface area contributed by atoms with Crippen molar-refractivity contribution in [1.29, 1.82) is 0 Å². The van der Waals surface area contributed by atoms with E-state index in [0.29, 0.717) is 22.0 Å². The first-order valence-corrected chi connectivity index (χ1v) is 8.09. The van der Waals surface area contributed by atoms with E-state index < -0.39 is 0 Å². The zero-order valence-electron chi connectivity index (χ0n) is 13.5. The van der Waals surface area contributed by atoms with Crippen LogP contribution < -0.4 is 5.32 Å². The summed E-state index contributed by atoms with van der Waals surface area (Å²) in [6.07, 6.45) is 0.834.